The molecule has 1 aromatic carbocycles. The summed E-state index contributed by atoms with van der Waals surface area (Å²) in [7, 11) is -1.84. The summed E-state index contributed by atoms with van der Waals surface area (Å²) in [5.74, 6) is 0.720. The fraction of sp³-hybridized carbons (Fsp3) is 0.714. The van der Waals surface area contributed by atoms with E-state index >= 15 is 0 Å². The van der Waals surface area contributed by atoms with Crippen molar-refractivity contribution in [3.05, 3.63) is 33.6 Å². The minimum Gasteiger partial charge on any atom is -0.410 e. The van der Waals surface area contributed by atoms with Gasteiger partial charge < -0.3 is 4.43 Å². The zero-order valence-corrected chi connectivity index (χ0v) is 21.0. The van der Waals surface area contributed by atoms with Crippen LogP contribution in [-0.2, 0) is 4.43 Å². The van der Waals surface area contributed by atoms with E-state index in [0.29, 0.717) is 10.0 Å². The van der Waals surface area contributed by atoms with Crippen molar-refractivity contribution in [1.82, 2.24) is 0 Å². The number of hydrogen-bond acceptors (Lipinski definition) is 2. The van der Waals surface area contributed by atoms with E-state index in [-0.39, 0.29) is 10.9 Å². The van der Waals surface area contributed by atoms with Gasteiger partial charge in [0, 0.05) is 10.3 Å². The van der Waals surface area contributed by atoms with Crippen LogP contribution in [0.15, 0.2) is 12.1 Å². The number of thioether (sulfide) groups is 1. The lowest BCUT2D eigenvalue weighted by Gasteiger charge is -2.34. The minimum atomic E-state index is -1.84. The first-order valence-corrected chi connectivity index (χ1v) is 14.3. The number of benzene rings is 1. The third-order valence-corrected chi connectivity index (χ3v) is 11.7. The van der Waals surface area contributed by atoms with E-state index in [4.69, 9.17) is 27.6 Å². The Morgan fingerprint density at radius 1 is 1.04 bits per heavy atom. The Morgan fingerprint density at radius 3 is 2.00 bits per heavy atom. The summed E-state index contributed by atoms with van der Waals surface area (Å²) < 4.78 is 20.7. The van der Waals surface area contributed by atoms with Crippen molar-refractivity contribution in [2.75, 3.05) is 5.75 Å². The first-order chi connectivity index (χ1) is 12.6. The van der Waals surface area contributed by atoms with E-state index in [1.54, 1.807) is 0 Å². The van der Waals surface area contributed by atoms with Crippen molar-refractivity contribution >= 4 is 43.3 Å². The second kappa shape index (κ2) is 11.4. The number of hydrogen-bond donors (Lipinski definition) is 0. The van der Waals surface area contributed by atoms with Gasteiger partial charge in [-0.25, -0.2) is 4.39 Å². The van der Waals surface area contributed by atoms with Gasteiger partial charge in [0.1, 0.15) is 5.82 Å². The van der Waals surface area contributed by atoms with Gasteiger partial charge in [0.05, 0.1) is 16.1 Å². The zero-order chi connectivity index (χ0) is 20.7. The average molecular weight is 454 g/mol. The highest BCUT2D eigenvalue weighted by Crippen LogP contribution is 2.40. The molecule has 156 valence electrons. The van der Waals surface area contributed by atoms with E-state index in [0.717, 1.165) is 48.7 Å². The largest absolute Gasteiger partial charge is 0.410 e. The molecule has 0 fully saturated rings. The fourth-order valence-corrected chi connectivity index (χ4v) is 7.74. The molecule has 0 radical (unpaired) electrons. The van der Waals surface area contributed by atoms with E-state index in [1.165, 1.54) is 12.1 Å². The summed E-state index contributed by atoms with van der Waals surface area (Å²) in [4.78, 5) is 0. The van der Waals surface area contributed by atoms with Crippen LogP contribution in [-0.4, -0.2) is 18.8 Å². The van der Waals surface area contributed by atoms with Crippen molar-refractivity contribution in [1.29, 1.82) is 0 Å². The van der Waals surface area contributed by atoms with Gasteiger partial charge in [-0.15, -0.1) is 0 Å². The quantitative estimate of drug-likeness (QED) is 0.244. The van der Waals surface area contributed by atoms with E-state index in [2.05, 4.69) is 41.5 Å². The standard InChI is InChI=1S/C21H35Cl2FOSSi/c1-7-27(8-2,9-3)25-19(12-10-11-13-26-21(4,5)6)20-17(22)14-16(24)15-18(20)23/h14-15,19H,7-13H2,1-6H3. The maximum atomic E-state index is 13.7. The van der Waals surface area contributed by atoms with Crippen LogP contribution >= 0.6 is 35.0 Å². The first kappa shape index (κ1) is 25.3. The maximum absolute atomic E-state index is 13.7. The van der Waals surface area contributed by atoms with Crippen LogP contribution < -0.4 is 0 Å². The Morgan fingerprint density at radius 2 is 1.56 bits per heavy atom. The van der Waals surface area contributed by atoms with Gasteiger partial charge >= 0.3 is 0 Å². The van der Waals surface area contributed by atoms with Crippen LogP contribution in [0.25, 0.3) is 0 Å². The molecule has 1 unspecified atom stereocenters. The first-order valence-electron chi connectivity index (χ1n) is 10.0. The van der Waals surface area contributed by atoms with Crippen molar-refractivity contribution in [2.24, 2.45) is 0 Å². The van der Waals surface area contributed by atoms with E-state index < -0.39 is 14.1 Å². The van der Waals surface area contributed by atoms with Crippen LogP contribution in [0.2, 0.25) is 28.2 Å². The predicted molar refractivity (Wildman–Crippen MR) is 124 cm³/mol. The van der Waals surface area contributed by atoms with Crippen LogP contribution in [0, 0.1) is 5.82 Å². The highest BCUT2D eigenvalue weighted by atomic mass is 35.5. The number of rotatable bonds is 11. The Kier molecular flexibility index (Phi) is 10.7. The number of unbranched alkanes of at least 4 members (excludes halogenated alkanes) is 1. The molecule has 0 spiro atoms. The van der Waals surface area contributed by atoms with Gasteiger partial charge in [0.15, 0.2) is 8.32 Å². The van der Waals surface area contributed by atoms with Crippen LogP contribution in [0.5, 0.6) is 0 Å². The molecule has 0 N–H and O–H groups in total. The van der Waals surface area contributed by atoms with Crippen molar-refractivity contribution in [3.8, 4) is 0 Å². The topological polar surface area (TPSA) is 9.23 Å². The van der Waals surface area contributed by atoms with Crippen molar-refractivity contribution in [3.63, 3.8) is 0 Å². The molecule has 0 aliphatic heterocycles. The van der Waals surface area contributed by atoms with Gasteiger partial charge in [-0.1, -0.05) is 64.7 Å². The Labute approximate surface area is 180 Å². The molecule has 0 saturated carbocycles. The van der Waals surface area contributed by atoms with Gasteiger partial charge in [-0.3, -0.25) is 0 Å². The molecule has 6 heteroatoms. The Hall–Kier alpha value is 0.257. The molecule has 0 heterocycles. The molecule has 1 rings (SSSR count). The fourth-order valence-electron chi connectivity index (χ4n) is 3.24. The molecular weight excluding hydrogens is 418 g/mol. The van der Waals surface area contributed by atoms with Crippen LogP contribution in [0.4, 0.5) is 4.39 Å². The van der Waals surface area contributed by atoms with Crippen molar-refractivity contribution in [2.45, 2.75) is 89.8 Å². The average Bonchev–Trinajstić information content (AvgIpc) is 2.57. The summed E-state index contributed by atoms with van der Waals surface area (Å²) >= 11 is 14.8. The molecule has 1 nitrogen and oxygen atoms in total. The molecule has 0 aromatic heterocycles. The van der Waals surface area contributed by atoms with E-state index in [1.807, 2.05) is 11.8 Å². The van der Waals surface area contributed by atoms with Gasteiger partial charge in [-0.2, -0.15) is 11.8 Å². The summed E-state index contributed by atoms with van der Waals surface area (Å²) in [6.45, 7) is 13.4. The molecular formula is C21H35Cl2FOSSi. The monoisotopic (exact) mass is 452 g/mol. The van der Waals surface area contributed by atoms with Crippen LogP contribution in [0.3, 0.4) is 0 Å². The maximum Gasteiger partial charge on any atom is 0.192 e. The molecule has 0 aliphatic rings. The predicted octanol–water partition coefficient (Wildman–Crippen LogP) is 8.90. The molecule has 0 amide bonds. The van der Waals surface area contributed by atoms with Crippen molar-refractivity contribution < 1.29 is 8.82 Å². The highest BCUT2D eigenvalue weighted by Gasteiger charge is 2.34. The third-order valence-electron chi connectivity index (χ3n) is 5.09. The summed E-state index contributed by atoms with van der Waals surface area (Å²) in [6, 6.07) is 5.88. The second-order valence-electron chi connectivity index (χ2n) is 8.09. The molecule has 1 aromatic rings. The minimum absolute atomic E-state index is 0.156. The molecule has 0 aliphatic carbocycles. The van der Waals surface area contributed by atoms with Gasteiger partial charge in [-0.05, 0) is 55.3 Å². The zero-order valence-electron chi connectivity index (χ0n) is 17.6. The highest BCUT2D eigenvalue weighted by molar-refractivity contribution is 8.00. The lowest BCUT2D eigenvalue weighted by atomic mass is 10.0. The second-order valence-corrected chi connectivity index (χ2v) is 15.5. The molecule has 27 heavy (non-hydrogen) atoms. The smallest absolute Gasteiger partial charge is 0.192 e. The lowest BCUT2D eigenvalue weighted by Crippen LogP contribution is -2.37. The lowest BCUT2D eigenvalue weighted by molar-refractivity contribution is 0.176. The summed E-state index contributed by atoms with van der Waals surface area (Å²) in [5, 5.41) is 0.751. The summed E-state index contributed by atoms with van der Waals surface area (Å²) in [6.07, 6.45) is 2.87. The third kappa shape index (κ3) is 8.26. The Bertz CT molecular complexity index is 557. The summed E-state index contributed by atoms with van der Waals surface area (Å²) in [5.41, 5.74) is 0.760. The Balaban J connectivity index is 2.97. The molecule has 1 atom stereocenters. The molecule has 0 saturated heterocycles. The SMILES string of the molecule is CC[Si](CC)(CC)OC(CCCCSC(C)(C)C)c1c(Cl)cc(F)cc1Cl. The van der Waals surface area contributed by atoms with Gasteiger partial charge in [0.2, 0.25) is 0 Å². The van der Waals surface area contributed by atoms with Crippen LogP contribution in [0.1, 0.15) is 72.5 Å². The van der Waals surface area contributed by atoms with E-state index in [9.17, 15) is 4.39 Å². The number of halogens is 3. The molecule has 0 bridgehead atoms. The normalized spacial score (nSPS) is 13.8. The van der Waals surface area contributed by atoms with Gasteiger partial charge in [0.25, 0.3) is 0 Å².